The number of para-hydroxylation sites is 2. The van der Waals surface area contributed by atoms with Crippen LogP contribution in [0.2, 0.25) is 0 Å². The van der Waals surface area contributed by atoms with Crippen LogP contribution in [0.3, 0.4) is 0 Å². The zero-order valence-electron chi connectivity index (χ0n) is 24.6. The van der Waals surface area contributed by atoms with Crippen LogP contribution in [-0.2, 0) is 24.9 Å². The van der Waals surface area contributed by atoms with Crippen LogP contribution in [0.25, 0.3) is 55.6 Å². The van der Waals surface area contributed by atoms with Crippen molar-refractivity contribution in [3.05, 3.63) is 83.6 Å². The number of hydrogen-bond acceptors (Lipinski definition) is 2. The van der Waals surface area contributed by atoms with Gasteiger partial charge in [0, 0.05) is 27.4 Å². The highest BCUT2D eigenvalue weighted by Gasteiger charge is 2.28. The van der Waals surface area contributed by atoms with Gasteiger partial charge in [0.05, 0.1) is 19.8 Å². The van der Waals surface area contributed by atoms with Gasteiger partial charge in [-0.15, -0.1) is 0 Å². The molecule has 0 saturated heterocycles. The van der Waals surface area contributed by atoms with Gasteiger partial charge in [-0.25, -0.2) is 9.13 Å². The Morgan fingerprint density at radius 2 is 1.54 bits per heavy atom. The lowest BCUT2D eigenvalue weighted by Gasteiger charge is -2.25. The normalized spacial score (nSPS) is 12.7. The summed E-state index contributed by atoms with van der Waals surface area (Å²) in [6.45, 7) is 15.6. The third-order valence-corrected chi connectivity index (χ3v) is 8.07. The zero-order chi connectivity index (χ0) is 27.9. The first kappa shape index (κ1) is 25.4. The molecule has 39 heavy (non-hydrogen) atoms. The Bertz CT molecular complexity index is 1830. The molecule has 0 atom stereocenters. The summed E-state index contributed by atoms with van der Waals surface area (Å²) >= 11 is 0. The van der Waals surface area contributed by atoms with E-state index in [0.717, 1.165) is 50.3 Å². The number of pyridine rings is 1. The van der Waals surface area contributed by atoms with Crippen LogP contribution in [0.5, 0.6) is 0 Å². The molecule has 0 aliphatic carbocycles. The Morgan fingerprint density at radius 3 is 2.23 bits per heavy atom. The van der Waals surface area contributed by atoms with Crippen molar-refractivity contribution >= 4 is 33.0 Å². The fourth-order valence-electron chi connectivity index (χ4n) is 5.69. The third-order valence-electron chi connectivity index (χ3n) is 8.07. The van der Waals surface area contributed by atoms with E-state index >= 15 is 0 Å². The van der Waals surface area contributed by atoms with Crippen molar-refractivity contribution in [3.8, 4) is 22.6 Å². The lowest BCUT2D eigenvalue weighted by molar-refractivity contribution is -0.634. The summed E-state index contributed by atoms with van der Waals surface area (Å²) in [6.07, 6.45) is 0. The Kier molecular flexibility index (Phi) is 5.55. The maximum Gasteiger partial charge on any atom is 0.293 e. The summed E-state index contributed by atoms with van der Waals surface area (Å²) in [6, 6.07) is 24.0. The standard InChI is InChI=1S/C35H38N3O/c1-21-14-16-25-24-17-15-22(26-19-23(34(2,3)4)20-30(36-26)35(5,6)7)18-29(24)39-32(25)31(21)33-37(8)27-12-10-11-13-28(27)38(33)9/h10-20H,1-9H3/q+1. The van der Waals surface area contributed by atoms with Gasteiger partial charge in [0.1, 0.15) is 11.1 Å². The van der Waals surface area contributed by atoms with Crippen LogP contribution in [0.15, 0.2) is 71.1 Å². The quantitative estimate of drug-likeness (QED) is 0.216. The van der Waals surface area contributed by atoms with Crippen molar-refractivity contribution in [1.82, 2.24) is 9.55 Å². The van der Waals surface area contributed by atoms with E-state index in [-0.39, 0.29) is 10.8 Å². The molecule has 0 unspecified atom stereocenters. The summed E-state index contributed by atoms with van der Waals surface area (Å²) in [5.41, 5.74) is 11.0. The van der Waals surface area contributed by atoms with Crippen molar-refractivity contribution in [2.45, 2.75) is 59.3 Å². The molecule has 6 rings (SSSR count). The molecular weight excluding hydrogens is 478 g/mol. The van der Waals surface area contributed by atoms with E-state index < -0.39 is 0 Å². The van der Waals surface area contributed by atoms with E-state index in [4.69, 9.17) is 9.40 Å². The number of hydrogen-bond donors (Lipinski definition) is 0. The van der Waals surface area contributed by atoms with Crippen LogP contribution in [0, 0.1) is 6.92 Å². The first-order chi connectivity index (χ1) is 18.3. The van der Waals surface area contributed by atoms with Crippen molar-refractivity contribution in [2.75, 3.05) is 0 Å². The van der Waals surface area contributed by atoms with Gasteiger partial charge >= 0.3 is 0 Å². The molecule has 4 nitrogen and oxygen atoms in total. The molecule has 0 fully saturated rings. The van der Waals surface area contributed by atoms with Gasteiger partial charge < -0.3 is 4.42 Å². The number of imidazole rings is 1. The number of benzene rings is 3. The Morgan fingerprint density at radius 1 is 0.821 bits per heavy atom. The van der Waals surface area contributed by atoms with Crippen molar-refractivity contribution < 1.29 is 8.98 Å². The molecular formula is C35H38N3O+. The monoisotopic (exact) mass is 516 g/mol. The number of nitrogens with zero attached hydrogens (tertiary/aromatic N) is 3. The van der Waals surface area contributed by atoms with E-state index in [0.29, 0.717) is 0 Å². The number of furan rings is 1. The van der Waals surface area contributed by atoms with Gasteiger partial charge in [-0.2, -0.15) is 0 Å². The highest BCUT2D eigenvalue weighted by molar-refractivity contribution is 6.10. The lowest BCUT2D eigenvalue weighted by Crippen LogP contribution is -2.30. The summed E-state index contributed by atoms with van der Waals surface area (Å²) in [5, 5.41) is 2.26. The van der Waals surface area contributed by atoms with Crippen molar-refractivity contribution in [3.63, 3.8) is 0 Å². The second-order valence-corrected chi connectivity index (χ2v) is 13.0. The molecule has 0 saturated carbocycles. The minimum atomic E-state index is -0.0416. The highest BCUT2D eigenvalue weighted by atomic mass is 16.3. The predicted molar refractivity (Wildman–Crippen MR) is 162 cm³/mol. The van der Waals surface area contributed by atoms with E-state index in [1.807, 2.05) is 0 Å². The molecule has 0 N–H and O–H groups in total. The van der Waals surface area contributed by atoms with E-state index in [1.54, 1.807) is 0 Å². The second-order valence-electron chi connectivity index (χ2n) is 13.0. The van der Waals surface area contributed by atoms with Gasteiger partial charge in [0.25, 0.3) is 5.82 Å². The molecule has 4 heteroatoms. The Balaban J connectivity index is 1.59. The van der Waals surface area contributed by atoms with E-state index in [1.165, 1.54) is 22.2 Å². The minimum Gasteiger partial charge on any atom is -0.455 e. The van der Waals surface area contributed by atoms with Gasteiger partial charge in [0.15, 0.2) is 16.6 Å². The van der Waals surface area contributed by atoms with Crippen LogP contribution in [-0.4, -0.2) is 9.55 Å². The van der Waals surface area contributed by atoms with Crippen LogP contribution in [0.4, 0.5) is 0 Å². The maximum atomic E-state index is 6.73. The molecule has 0 aliphatic heterocycles. The molecule has 0 amide bonds. The minimum absolute atomic E-state index is 0.0295. The largest absolute Gasteiger partial charge is 0.455 e. The maximum absolute atomic E-state index is 6.73. The molecule has 0 bridgehead atoms. The van der Waals surface area contributed by atoms with Gasteiger partial charge in [-0.1, -0.05) is 71.9 Å². The fraction of sp³-hybridized carbons (Fsp3) is 0.314. The number of rotatable bonds is 2. The molecule has 0 radical (unpaired) electrons. The zero-order valence-corrected chi connectivity index (χ0v) is 24.6. The molecule has 0 aliphatic rings. The molecule has 0 spiro atoms. The molecule has 3 aromatic heterocycles. The molecule has 3 aromatic carbocycles. The first-order valence-electron chi connectivity index (χ1n) is 13.8. The molecule has 6 aromatic rings. The average Bonchev–Trinajstić information content (AvgIpc) is 3.37. The van der Waals surface area contributed by atoms with Gasteiger partial charge in [-0.3, -0.25) is 4.98 Å². The van der Waals surface area contributed by atoms with E-state index in [9.17, 15) is 0 Å². The van der Waals surface area contributed by atoms with E-state index in [2.05, 4.69) is 138 Å². The van der Waals surface area contributed by atoms with Crippen molar-refractivity contribution in [2.24, 2.45) is 14.1 Å². The fourth-order valence-corrected chi connectivity index (χ4v) is 5.69. The predicted octanol–water partition coefficient (Wildman–Crippen LogP) is 8.53. The van der Waals surface area contributed by atoms with Crippen LogP contribution >= 0.6 is 0 Å². The number of aryl methyl sites for hydroxylation is 3. The summed E-state index contributed by atoms with van der Waals surface area (Å²) in [4.78, 5) is 5.13. The Labute approximate surface area is 230 Å². The SMILES string of the molecule is Cc1ccc2c(oc3cc(-c4cc(C(C)(C)C)cc(C(C)(C)C)n4)ccc32)c1-c1n(C)c2ccccc2[n+]1C. The van der Waals surface area contributed by atoms with Gasteiger partial charge in [0.2, 0.25) is 0 Å². The van der Waals surface area contributed by atoms with Crippen LogP contribution in [0.1, 0.15) is 58.4 Å². The summed E-state index contributed by atoms with van der Waals surface area (Å²) < 4.78 is 11.3. The average molecular weight is 517 g/mol. The lowest BCUT2D eigenvalue weighted by atomic mass is 9.82. The van der Waals surface area contributed by atoms with Gasteiger partial charge in [-0.05, 0) is 59.9 Å². The molecule has 198 valence electrons. The highest BCUT2D eigenvalue weighted by Crippen LogP contribution is 2.39. The number of aromatic nitrogens is 3. The second kappa shape index (κ2) is 8.54. The summed E-state index contributed by atoms with van der Waals surface area (Å²) in [5.74, 6) is 1.13. The smallest absolute Gasteiger partial charge is 0.293 e. The van der Waals surface area contributed by atoms with Crippen LogP contribution < -0.4 is 4.57 Å². The number of fused-ring (bicyclic) bond motifs is 4. The first-order valence-corrected chi connectivity index (χ1v) is 13.8. The topological polar surface area (TPSA) is 34.8 Å². The van der Waals surface area contributed by atoms with Crippen molar-refractivity contribution in [1.29, 1.82) is 0 Å². The Hall–Kier alpha value is -3.92. The summed E-state index contributed by atoms with van der Waals surface area (Å²) in [7, 11) is 4.27. The molecule has 3 heterocycles. The third kappa shape index (κ3) is 4.05.